The third-order valence-electron chi connectivity index (χ3n) is 4.08. The van der Waals surface area contributed by atoms with E-state index in [9.17, 15) is 4.79 Å². The maximum Gasteiger partial charge on any atom is 0.261 e. The second-order valence-corrected chi connectivity index (χ2v) is 6.03. The van der Waals surface area contributed by atoms with Gasteiger partial charge in [0.2, 0.25) is 0 Å². The molecule has 0 spiro atoms. The maximum atomic E-state index is 12.3. The number of hydrogen-bond acceptors (Lipinski definition) is 3. The molecule has 0 heterocycles. The number of hydrogen-bond donors (Lipinski definition) is 1. The summed E-state index contributed by atoms with van der Waals surface area (Å²) in [5.41, 5.74) is 2.32. The standard InChI is InChI=1S/C21H27NO3/c1-4-19(25-18-13-11-16(2)12-14-18)21(23)22-15-7-9-17-8-5-6-10-20(17)24-3/h5-6,8,10-14,19H,4,7,9,15H2,1-3H3,(H,22,23). The summed E-state index contributed by atoms with van der Waals surface area (Å²) in [4.78, 5) is 12.3. The Labute approximate surface area is 150 Å². The Morgan fingerprint density at radius 2 is 1.84 bits per heavy atom. The Balaban J connectivity index is 1.78. The molecule has 134 valence electrons. The molecule has 1 amide bonds. The first-order valence-electron chi connectivity index (χ1n) is 8.77. The van der Waals surface area contributed by atoms with Crippen LogP contribution in [-0.2, 0) is 11.2 Å². The highest BCUT2D eigenvalue weighted by Crippen LogP contribution is 2.18. The van der Waals surface area contributed by atoms with E-state index in [2.05, 4.69) is 11.4 Å². The molecule has 1 N–H and O–H groups in total. The third-order valence-corrected chi connectivity index (χ3v) is 4.08. The molecule has 0 bridgehead atoms. The molecule has 0 fully saturated rings. The predicted molar refractivity (Wildman–Crippen MR) is 100 cm³/mol. The summed E-state index contributed by atoms with van der Waals surface area (Å²) in [5.74, 6) is 1.55. The predicted octanol–water partition coefficient (Wildman–Crippen LogP) is 3.91. The summed E-state index contributed by atoms with van der Waals surface area (Å²) in [7, 11) is 1.68. The number of methoxy groups -OCH3 is 1. The van der Waals surface area contributed by atoms with Crippen LogP contribution in [0.5, 0.6) is 11.5 Å². The Morgan fingerprint density at radius 1 is 1.12 bits per heavy atom. The smallest absolute Gasteiger partial charge is 0.261 e. The summed E-state index contributed by atoms with van der Waals surface area (Å²) < 4.78 is 11.1. The van der Waals surface area contributed by atoms with Gasteiger partial charge in [0.15, 0.2) is 6.10 Å². The number of benzene rings is 2. The van der Waals surface area contributed by atoms with Gasteiger partial charge in [0, 0.05) is 6.54 Å². The van der Waals surface area contributed by atoms with Crippen molar-refractivity contribution in [3.8, 4) is 11.5 Å². The fourth-order valence-electron chi connectivity index (χ4n) is 2.62. The quantitative estimate of drug-likeness (QED) is 0.704. The molecule has 2 aromatic carbocycles. The topological polar surface area (TPSA) is 47.6 Å². The van der Waals surface area contributed by atoms with Crippen LogP contribution in [0.3, 0.4) is 0 Å². The fraction of sp³-hybridized carbons (Fsp3) is 0.381. The van der Waals surface area contributed by atoms with E-state index in [1.807, 2.05) is 56.3 Å². The summed E-state index contributed by atoms with van der Waals surface area (Å²) in [6.07, 6.45) is 1.88. The lowest BCUT2D eigenvalue weighted by molar-refractivity contribution is -0.128. The van der Waals surface area contributed by atoms with Crippen molar-refractivity contribution in [2.45, 2.75) is 39.2 Å². The number of rotatable bonds is 9. The molecule has 0 saturated heterocycles. The molecular formula is C21H27NO3. The Morgan fingerprint density at radius 3 is 2.52 bits per heavy atom. The lowest BCUT2D eigenvalue weighted by Crippen LogP contribution is -2.38. The van der Waals surface area contributed by atoms with Gasteiger partial charge in [0.25, 0.3) is 5.91 Å². The van der Waals surface area contributed by atoms with E-state index in [1.54, 1.807) is 7.11 Å². The molecule has 0 aliphatic rings. The molecule has 0 aliphatic heterocycles. The van der Waals surface area contributed by atoms with Crippen LogP contribution in [0.1, 0.15) is 30.9 Å². The average molecular weight is 341 g/mol. The van der Waals surface area contributed by atoms with Gasteiger partial charge in [-0.2, -0.15) is 0 Å². The summed E-state index contributed by atoms with van der Waals surface area (Å²) in [6.45, 7) is 4.59. The van der Waals surface area contributed by atoms with E-state index < -0.39 is 6.10 Å². The van der Waals surface area contributed by atoms with Gasteiger partial charge >= 0.3 is 0 Å². The van der Waals surface area contributed by atoms with Crippen LogP contribution >= 0.6 is 0 Å². The summed E-state index contributed by atoms with van der Waals surface area (Å²) in [5, 5.41) is 2.97. The van der Waals surface area contributed by atoms with Gasteiger partial charge in [-0.3, -0.25) is 4.79 Å². The van der Waals surface area contributed by atoms with Crippen molar-refractivity contribution in [1.82, 2.24) is 5.32 Å². The monoisotopic (exact) mass is 341 g/mol. The molecule has 2 aromatic rings. The Hall–Kier alpha value is -2.49. The zero-order chi connectivity index (χ0) is 18.1. The minimum atomic E-state index is -0.464. The first-order chi connectivity index (χ1) is 12.1. The first-order valence-corrected chi connectivity index (χ1v) is 8.77. The number of para-hydroxylation sites is 1. The summed E-state index contributed by atoms with van der Waals surface area (Å²) >= 11 is 0. The van der Waals surface area contributed by atoms with Gasteiger partial charge in [-0.1, -0.05) is 42.8 Å². The van der Waals surface area contributed by atoms with Crippen molar-refractivity contribution in [3.63, 3.8) is 0 Å². The molecule has 4 heteroatoms. The van der Waals surface area contributed by atoms with Crippen LogP contribution in [0.2, 0.25) is 0 Å². The van der Waals surface area contributed by atoms with Crippen molar-refractivity contribution >= 4 is 5.91 Å². The van der Waals surface area contributed by atoms with Crippen molar-refractivity contribution in [2.75, 3.05) is 13.7 Å². The zero-order valence-corrected chi connectivity index (χ0v) is 15.2. The van der Waals surface area contributed by atoms with Crippen molar-refractivity contribution in [3.05, 3.63) is 59.7 Å². The molecule has 0 aromatic heterocycles. The molecule has 4 nitrogen and oxygen atoms in total. The number of nitrogens with one attached hydrogen (secondary N) is 1. The maximum absolute atomic E-state index is 12.3. The van der Waals surface area contributed by atoms with Gasteiger partial charge < -0.3 is 14.8 Å². The highest BCUT2D eigenvalue weighted by Gasteiger charge is 2.17. The van der Waals surface area contributed by atoms with Gasteiger partial charge in [0.1, 0.15) is 11.5 Å². The van der Waals surface area contributed by atoms with Gasteiger partial charge in [-0.25, -0.2) is 0 Å². The normalized spacial score (nSPS) is 11.6. The molecule has 0 saturated carbocycles. The Bertz CT molecular complexity index is 667. The molecule has 1 unspecified atom stereocenters. The van der Waals surface area contributed by atoms with Gasteiger partial charge in [-0.15, -0.1) is 0 Å². The minimum absolute atomic E-state index is 0.0666. The molecule has 25 heavy (non-hydrogen) atoms. The SMILES string of the molecule is CCC(Oc1ccc(C)cc1)C(=O)NCCCc1ccccc1OC. The molecular weight excluding hydrogens is 314 g/mol. The van der Waals surface area contributed by atoms with Crippen LogP contribution in [0, 0.1) is 6.92 Å². The van der Waals surface area contributed by atoms with Gasteiger partial charge in [-0.05, 0) is 49.9 Å². The van der Waals surface area contributed by atoms with Crippen molar-refractivity contribution in [1.29, 1.82) is 0 Å². The van der Waals surface area contributed by atoms with E-state index in [-0.39, 0.29) is 5.91 Å². The second-order valence-electron chi connectivity index (χ2n) is 6.03. The number of aryl methyl sites for hydroxylation is 2. The van der Waals surface area contributed by atoms with Crippen LogP contribution < -0.4 is 14.8 Å². The van der Waals surface area contributed by atoms with Crippen LogP contribution in [0.4, 0.5) is 0 Å². The average Bonchev–Trinajstić information content (AvgIpc) is 2.64. The Kier molecular flexibility index (Phi) is 7.33. The number of carbonyl (C=O) groups excluding carboxylic acids is 1. The lowest BCUT2D eigenvalue weighted by Gasteiger charge is -2.17. The number of ether oxygens (including phenoxy) is 2. The first kappa shape index (κ1) is 18.8. The largest absolute Gasteiger partial charge is 0.496 e. The van der Waals surface area contributed by atoms with Gasteiger partial charge in [0.05, 0.1) is 7.11 Å². The lowest BCUT2D eigenvalue weighted by atomic mass is 10.1. The highest BCUT2D eigenvalue weighted by atomic mass is 16.5. The minimum Gasteiger partial charge on any atom is -0.496 e. The second kappa shape index (κ2) is 9.72. The van der Waals surface area contributed by atoms with Crippen LogP contribution in [-0.4, -0.2) is 25.7 Å². The number of amides is 1. The highest BCUT2D eigenvalue weighted by molar-refractivity contribution is 5.81. The molecule has 2 rings (SSSR count). The van der Waals surface area contributed by atoms with E-state index in [0.717, 1.165) is 29.9 Å². The molecule has 0 aliphatic carbocycles. The summed E-state index contributed by atoms with van der Waals surface area (Å²) in [6, 6.07) is 15.7. The van der Waals surface area contributed by atoms with E-state index in [4.69, 9.17) is 9.47 Å². The van der Waals surface area contributed by atoms with E-state index in [0.29, 0.717) is 13.0 Å². The van der Waals surface area contributed by atoms with Crippen LogP contribution in [0.25, 0.3) is 0 Å². The van der Waals surface area contributed by atoms with Crippen molar-refractivity contribution < 1.29 is 14.3 Å². The fourth-order valence-corrected chi connectivity index (χ4v) is 2.62. The van der Waals surface area contributed by atoms with E-state index in [1.165, 1.54) is 5.56 Å². The van der Waals surface area contributed by atoms with E-state index >= 15 is 0 Å². The zero-order valence-electron chi connectivity index (χ0n) is 15.2. The molecule has 0 radical (unpaired) electrons. The molecule has 1 atom stereocenters. The van der Waals surface area contributed by atoms with Crippen molar-refractivity contribution in [2.24, 2.45) is 0 Å². The third kappa shape index (κ3) is 5.82. The number of carbonyl (C=O) groups is 1. The van der Waals surface area contributed by atoms with Crippen LogP contribution in [0.15, 0.2) is 48.5 Å².